The highest BCUT2D eigenvalue weighted by Crippen LogP contribution is 2.55. The highest BCUT2D eigenvalue weighted by atomic mass is 32.7. The van der Waals surface area contributed by atoms with Gasteiger partial charge in [0, 0.05) is 19.3 Å². The molecule has 1 fully saturated rings. The van der Waals surface area contributed by atoms with Crippen LogP contribution in [0.2, 0.25) is 0 Å². The average molecular weight is 366 g/mol. The van der Waals surface area contributed by atoms with Gasteiger partial charge in [0.15, 0.2) is 0 Å². The van der Waals surface area contributed by atoms with Crippen LogP contribution < -0.4 is 0 Å². The summed E-state index contributed by atoms with van der Waals surface area (Å²) in [7, 11) is 0. The van der Waals surface area contributed by atoms with Gasteiger partial charge in [-0.2, -0.15) is 0 Å². The predicted octanol–water partition coefficient (Wildman–Crippen LogP) is 1.98. The Morgan fingerprint density at radius 2 is 1.80 bits per heavy atom. The molecular weight excluding hydrogens is 346 g/mol. The van der Waals surface area contributed by atoms with E-state index in [0.717, 1.165) is 0 Å². The van der Waals surface area contributed by atoms with Crippen LogP contribution in [0.4, 0.5) is 0 Å². The number of rotatable bonds is 7. The van der Waals surface area contributed by atoms with Gasteiger partial charge >= 0.3 is 13.5 Å². The summed E-state index contributed by atoms with van der Waals surface area (Å²) < 4.78 is 27.1. The first-order valence-corrected chi connectivity index (χ1v) is 11.5. The van der Waals surface area contributed by atoms with Crippen molar-refractivity contribution in [2.24, 2.45) is 0 Å². The molecule has 0 saturated heterocycles. The van der Waals surface area contributed by atoms with Crippen LogP contribution in [-0.4, -0.2) is 39.8 Å². The summed E-state index contributed by atoms with van der Waals surface area (Å²) >= 11 is 8.25. The molecule has 0 bridgehead atoms. The quantitative estimate of drug-likeness (QED) is 0.400. The third kappa shape index (κ3) is 7.84. The van der Waals surface area contributed by atoms with Crippen LogP contribution in [0, 0.1) is 0 Å². The van der Waals surface area contributed by atoms with Crippen LogP contribution in [0.1, 0.15) is 32.6 Å². The SMILES string of the molecule is CCCOP(=O)(S)O[C@@H]1C[C@@H](O)C[C@@H](OP(O)(O)=S)C1. The fourth-order valence-corrected chi connectivity index (χ4v) is 4.57. The molecule has 0 heterocycles. The number of thiol groups is 1. The Bertz CT molecular complexity index is 402. The molecule has 1 rings (SSSR count). The van der Waals surface area contributed by atoms with Crippen LogP contribution >= 0.6 is 25.8 Å². The Hall–Kier alpha value is 0.990. The van der Waals surface area contributed by atoms with Gasteiger partial charge in [-0.05, 0) is 18.2 Å². The smallest absolute Gasteiger partial charge is 0.386 e. The Labute approximate surface area is 128 Å². The van der Waals surface area contributed by atoms with E-state index in [4.69, 9.17) is 23.4 Å². The number of aliphatic hydroxyl groups is 1. The molecule has 1 aliphatic carbocycles. The fraction of sp³-hybridized carbons (Fsp3) is 1.00. The van der Waals surface area contributed by atoms with E-state index in [1.54, 1.807) is 0 Å². The Morgan fingerprint density at radius 1 is 1.25 bits per heavy atom. The lowest BCUT2D eigenvalue weighted by Gasteiger charge is -2.33. The van der Waals surface area contributed by atoms with Crippen LogP contribution in [0.5, 0.6) is 0 Å². The molecule has 0 aromatic rings. The van der Waals surface area contributed by atoms with Gasteiger partial charge in [0.05, 0.1) is 24.9 Å². The van der Waals surface area contributed by atoms with Gasteiger partial charge in [-0.25, -0.2) is 4.57 Å². The third-order valence-corrected chi connectivity index (χ3v) is 5.16. The molecular formula is C9H20O7P2S2. The summed E-state index contributed by atoms with van der Waals surface area (Å²) in [6, 6.07) is 0. The van der Waals surface area contributed by atoms with Gasteiger partial charge in [0.25, 0.3) is 0 Å². The van der Waals surface area contributed by atoms with Crippen molar-refractivity contribution in [3.8, 4) is 0 Å². The van der Waals surface area contributed by atoms with Crippen LogP contribution in [0.3, 0.4) is 0 Å². The van der Waals surface area contributed by atoms with Crippen molar-refractivity contribution in [2.45, 2.75) is 50.9 Å². The monoisotopic (exact) mass is 366 g/mol. The number of hydrogen-bond acceptors (Lipinski definition) is 6. The Morgan fingerprint density at radius 3 is 2.30 bits per heavy atom. The largest absolute Gasteiger partial charge is 0.393 e. The first kappa shape index (κ1) is 19.0. The lowest BCUT2D eigenvalue weighted by Crippen LogP contribution is -2.35. The second kappa shape index (κ2) is 8.02. The van der Waals surface area contributed by atoms with Crippen molar-refractivity contribution < 1.29 is 33.0 Å². The van der Waals surface area contributed by atoms with Crippen molar-refractivity contribution in [3.05, 3.63) is 0 Å². The summed E-state index contributed by atoms with van der Waals surface area (Å²) in [5.41, 5.74) is 0. The van der Waals surface area contributed by atoms with E-state index in [2.05, 4.69) is 24.1 Å². The van der Waals surface area contributed by atoms with Crippen molar-refractivity contribution in [3.63, 3.8) is 0 Å². The molecule has 0 aromatic carbocycles. The van der Waals surface area contributed by atoms with Crippen molar-refractivity contribution in [1.29, 1.82) is 0 Å². The maximum absolute atomic E-state index is 11.9. The molecule has 4 atom stereocenters. The van der Waals surface area contributed by atoms with Gasteiger partial charge in [-0.1, -0.05) is 19.2 Å². The van der Waals surface area contributed by atoms with E-state index in [9.17, 15) is 9.67 Å². The van der Waals surface area contributed by atoms with Gasteiger partial charge in [-0.15, -0.1) is 0 Å². The van der Waals surface area contributed by atoms with E-state index in [0.29, 0.717) is 6.42 Å². The highest BCUT2D eigenvalue weighted by molar-refractivity contribution is 8.44. The Kier molecular flexibility index (Phi) is 7.63. The highest BCUT2D eigenvalue weighted by Gasteiger charge is 2.35. The summed E-state index contributed by atoms with van der Waals surface area (Å²) in [6.07, 6.45) is -0.665. The van der Waals surface area contributed by atoms with E-state index in [1.807, 2.05) is 6.92 Å². The zero-order chi connectivity index (χ0) is 15.4. The van der Waals surface area contributed by atoms with E-state index < -0.39 is 31.8 Å². The van der Waals surface area contributed by atoms with Crippen LogP contribution in [0.15, 0.2) is 0 Å². The second-order valence-corrected chi connectivity index (χ2v) is 10.1. The van der Waals surface area contributed by atoms with E-state index in [1.165, 1.54) is 0 Å². The second-order valence-electron chi connectivity index (χ2n) is 4.61. The zero-order valence-corrected chi connectivity index (χ0v) is 14.5. The number of hydrogen-bond donors (Lipinski definition) is 4. The fourth-order valence-electron chi connectivity index (χ4n) is 1.98. The summed E-state index contributed by atoms with van der Waals surface area (Å²) in [5.74, 6) is 0. The third-order valence-electron chi connectivity index (χ3n) is 2.62. The van der Waals surface area contributed by atoms with Gasteiger partial charge in [0.2, 0.25) is 0 Å². The summed E-state index contributed by atoms with van der Waals surface area (Å²) in [6.45, 7) is -5.19. The predicted molar refractivity (Wildman–Crippen MR) is 81.2 cm³/mol. The maximum Gasteiger partial charge on any atom is 0.386 e. The van der Waals surface area contributed by atoms with Crippen molar-refractivity contribution in [1.82, 2.24) is 0 Å². The van der Waals surface area contributed by atoms with Gasteiger partial charge in [0.1, 0.15) is 0 Å². The molecule has 3 N–H and O–H groups in total. The molecule has 20 heavy (non-hydrogen) atoms. The molecule has 0 amide bonds. The topological polar surface area (TPSA) is 105 Å². The number of aliphatic hydroxyl groups excluding tert-OH is 1. The summed E-state index contributed by atoms with van der Waals surface area (Å²) in [5, 5.41) is 9.72. The van der Waals surface area contributed by atoms with Crippen LogP contribution in [0.25, 0.3) is 0 Å². The summed E-state index contributed by atoms with van der Waals surface area (Å²) in [4.78, 5) is 18.3. The molecule has 0 aromatic heterocycles. The lowest BCUT2D eigenvalue weighted by molar-refractivity contribution is -0.0123. The van der Waals surface area contributed by atoms with Gasteiger partial charge in [-0.3, -0.25) is 4.52 Å². The Balaban J connectivity index is 2.57. The lowest BCUT2D eigenvalue weighted by atomic mass is 9.93. The normalized spacial score (nSPS) is 30.9. The first-order valence-electron chi connectivity index (χ1n) is 6.19. The van der Waals surface area contributed by atoms with E-state index in [-0.39, 0.29) is 25.9 Å². The van der Waals surface area contributed by atoms with Crippen LogP contribution in [-0.2, 0) is 29.9 Å². The molecule has 0 spiro atoms. The molecule has 1 unspecified atom stereocenters. The minimum atomic E-state index is -3.81. The zero-order valence-electron chi connectivity index (χ0n) is 11.0. The van der Waals surface area contributed by atoms with Crippen molar-refractivity contribution >= 4 is 37.6 Å². The first-order chi connectivity index (χ1) is 9.11. The molecule has 120 valence electrons. The minimum absolute atomic E-state index is 0.214. The molecule has 0 radical (unpaired) electrons. The van der Waals surface area contributed by atoms with E-state index >= 15 is 0 Å². The van der Waals surface area contributed by atoms with Crippen molar-refractivity contribution in [2.75, 3.05) is 6.61 Å². The average Bonchev–Trinajstić information content (AvgIpc) is 2.22. The standard InChI is InChI=1S/C9H20O7P2S2/c1-2-3-14-18(13,20)16-9-5-7(10)4-8(6-9)15-17(11,12)19/h7-10H,2-6H2,1H3,(H,13,20)(H2,11,12,19)/t7-,8+,9+,18?/m0/s1. The minimum Gasteiger partial charge on any atom is -0.393 e. The molecule has 0 aliphatic heterocycles. The van der Waals surface area contributed by atoms with Gasteiger partial charge < -0.3 is 23.9 Å². The molecule has 7 nitrogen and oxygen atoms in total. The molecule has 11 heteroatoms. The molecule has 1 saturated carbocycles. The maximum atomic E-state index is 11.9. The molecule has 1 aliphatic rings.